The number of hydrogen-bond donors (Lipinski definition) is 2. The molecule has 42 heavy (non-hydrogen) atoms. The first-order chi connectivity index (χ1) is 19.7. The summed E-state index contributed by atoms with van der Waals surface area (Å²) in [5.41, 5.74) is -3.47. The summed E-state index contributed by atoms with van der Waals surface area (Å²) in [4.78, 5) is 20.3. The minimum atomic E-state index is -5.21. The number of hydrogen-bond acceptors (Lipinski definition) is 12. The van der Waals surface area contributed by atoms with Crippen LogP contribution in [0.3, 0.4) is 0 Å². The molecule has 224 valence electrons. The van der Waals surface area contributed by atoms with Gasteiger partial charge >= 0.3 is 15.8 Å². The van der Waals surface area contributed by atoms with Gasteiger partial charge in [-0.3, -0.25) is 29.5 Å². The van der Waals surface area contributed by atoms with Gasteiger partial charge in [0, 0.05) is 29.4 Å². The molecule has 0 aliphatic carbocycles. The number of nitro groups is 2. The highest BCUT2D eigenvalue weighted by Gasteiger charge is 2.36. The lowest BCUT2D eigenvalue weighted by atomic mass is 10.00. The third-order valence-electron chi connectivity index (χ3n) is 5.67. The van der Waals surface area contributed by atoms with E-state index in [1.165, 1.54) is 45.6 Å². The average Bonchev–Trinajstić information content (AvgIpc) is 2.93. The SMILES string of the molecule is COc1cc(OC)c(/C=C/S(=O)(=O)Nc2ccc(OC)c(-c3c([N+](=O)[O-])ccc(S(=O)(=O)O)c3[N+](=O)[O-])c2)c(OC)c1. The van der Waals surface area contributed by atoms with Crippen molar-refractivity contribution in [1.29, 1.82) is 0 Å². The molecule has 0 amide bonds. The van der Waals surface area contributed by atoms with E-state index >= 15 is 0 Å². The van der Waals surface area contributed by atoms with E-state index in [4.69, 9.17) is 18.9 Å². The smallest absolute Gasteiger partial charge is 0.305 e. The molecule has 0 unspecified atom stereocenters. The molecule has 2 N–H and O–H groups in total. The third kappa shape index (κ3) is 6.67. The first-order valence-corrected chi connectivity index (χ1v) is 14.3. The van der Waals surface area contributed by atoms with Crippen LogP contribution in [0, 0.1) is 20.2 Å². The number of ether oxygens (including phenoxy) is 4. The number of nitro benzene ring substituents is 2. The highest BCUT2D eigenvalue weighted by Crippen LogP contribution is 2.46. The topological polar surface area (TPSA) is 224 Å². The zero-order chi connectivity index (χ0) is 31.4. The van der Waals surface area contributed by atoms with E-state index in [1.807, 2.05) is 0 Å². The van der Waals surface area contributed by atoms with Crippen molar-refractivity contribution in [3.05, 3.63) is 73.7 Å². The minimum absolute atomic E-state index is 0.208. The largest absolute Gasteiger partial charge is 0.496 e. The lowest BCUT2D eigenvalue weighted by molar-refractivity contribution is -0.394. The summed E-state index contributed by atoms with van der Waals surface area (Å²) >= 11 is 0. The molecule has 0 bridgehead atoms. The first kappa shape index (κ1) is 31.6. The van der Waals surface area contributed by atoms with Gasteiger partial charge in [0.2, 0.25) is 0 Å². The molecule has 0 aromatic heterocycles. The highest BCUT2D eigenvalue weighted by molar-refractivity contribution is 7.95. The maximum absolute atomic E-state index is 13.0. The molecule has 0 saturated carbocycles. The van der Waals surface area contributed by atoms with Crippen molar-refractivity contribution in [1.82, 2.24) is 0 Å². The fourth-order valence-electron chi connectivity index (χ4n) is 3.89. The van der Waals surface area contributed by atoms with Gasteiger partial charge in [0.05, 0.1) is 49.3 Å². The third-order valence-corrected chi connectivity index (χ3v) is 7.57. The predicted octanol–water partition coefficient (Wildman–Crippen LogP) is 3.86. The Hall–Kier alpha value is -4.94. The van der Waals surface area contributed by atoms with Crippen molar-refractivity contribution in [2.75, 3.05) is 33.2 Å². The number of rotatable bonds is 12. The van der Waals surface area contributed by atoms with Crippen molar-refractivity contribution in [2.24, 2.45) is 0 Å². The first-order valence-electron chi connectivity index (χ1n) is 11.3. The Morgan fingerprint density at radius 3 is 1.88 bits per heavy atom. The van der Waals surface area contributed by atoms with Crippen molar-refractivity contribution in [2.45, 2.75) is 4.90 Å². The van der Waals surface area contributed by atoms with Crippen LogP contribution in [0.15, 0.2) is 52.8 Å². The van der Waals surface area contributed by atoms with Crippen LogP contribution >= 0.6 is 0 Å². The number of benzene rings is 3. The summed E-state index contributed by atoms with van der Waals surface area (Å²) < 4.78 is 82.4. The van der Waals surface area contributed by atoms with Crippen molar-refractivity contribution >= 4 is 43.3 Å². The van der Waals surface area contributed by atoms with E-state index in [2.05, 4.69) is 4.72 Å². The molecule has 0 aliphatic rings. The van der Waals surface area contributed by atoms with Gasteiger partial charge in [0.25, 0.3) is 15.7 Å². The van der Waals surface area contributed by atoms with E-state index in [1.54, 1.807) is 0 Å². The molecule has 0 radical (unpaired) electrons. The van der Waals surface area contributed by atoms with Crippen LogP contribution in [0.2, 0.25) is 0 Å². The Bertz CT molecular complexity index is 1780. The Labute approximate surface area is 239 Å². The highest BCUT2D eigenvalue weighted by atomic mass is 32.2. The Balaban J connectivity index is 2.18. The fraction of sp³-hybridized carbons (Fsp3) is 0.167. The molecule has 0 spiro atoms. The van der Waals surface area contributed by atoms with Crippen molar-refractivity contribution in [3.63, 3.8) is 0 Å². The van der Waals surface area contributed by atoms with E-state index in [-0.39, 0.29) is 28.5 Å². The second-order valence-electron chi connectivity index (χ2n) is 8.11. The standard InChI is InChI=1S/C24H23N3O13S2/c1-37-15-12-20(39-3)16(21(13-15)40-4)9-10-41(32,33)25-14-5-7-19(38-2)17(11-14)23-18(26(28)29)6-8-22(42(34,35)36)24(23)27(30)31/h5-13,25H,1-4H3,(H,34,35,36)/b10-9+. The van der Waals surface area contributed by atoms with Gasteiger partial charge in [-0.05, 0) is 30.3 Å². The molecule has 0 fully saturated rings. The van der Waals surface area contributed by atoms with Crippen molar-refractivity contribution in [3.8, 4) is 34.1 Å². The van der Waals surface area contributed by atoms with Crippen LogP contribution in [0.1, 0.15) is 5.56 Å². The summed E-state index contributed by atoms with van der Waals surface area (Å²) in [7, 11) is -4.27. The molecule has 16 nitrogen and oxygen atoms in total. The zero-order valence-electron chi connectivity index (χ0n) is 22.3. The van der Waals surface area contributed by atoms with Crippen LogP contribution in [0.4, 0.5) is 17.1 Å². The molecule has 18 heteroatoms. The summed E-state index contributed by atoms with van der Waals surface area (Å²) in [5.74, 6) is 0.624. The number of nitrogens with zero attached hydrogens (tertiary/aromatic N) is 2. The lowest BCUT2D eigenvalue weighted by Crippen LogP contribution is -2.10. The summed E-state index contributed by atoms with van der Waals surface area (Å²) in [6.07, 6.45) is 1.18. The van der Waals surface area contributed by atoms with Crippen LogP contribution in [0.5, 0.6) is 23.0 Å². The maximum Gasteiger partial charge on any atom is 0.305 e. The summed E-state index contributed by atoms with van der Waals surface area (Å²) in [5, 5.41) is 24.5. The lowest BCUT2D eigenvalue weighted by Gasteiger charge is -2.14. The number of sulfonamides is 1. The van der Waals surface area contributed by atoms with E-state index in [0.29, 0.717) is 17.9 Å². The Kier molecular flexibility index (Phi) is 9.24. The minimum Gasteiger partial charge on any atom is -0.496 e. The number of methoxy groups -OCH3 is 4. The number of nitrogens with one attached hydrogen (secondary N) is 1. The molecule has 3 rings (SSSR count). The summed E-state index contributed by atoms with van der Waals surface area (Å²) in [6, 6.07) is 7.49. The van der Waals surface area contributed by atoms with Crippen LogP contribution in [-0.2, 0) is 20.1 Å². The van der Waals surface area contributed by atoms with Gasteiger partial charge in [0.1, 0.15) is 28.6 Å². The Morgan fingerprint density at radius 2 is 1.40 bits per heavy atom. The molecule has 3 aromatic carbocycles. The predicted molar refractivity (Wildman–Crippen MR) is 149 cm³/mol. The molecule has 3 aromatic rings. The van der Waals surface area contributed by atoms with Gasteiger partial charge in [-0.15, -0.1) is 0 Å². The van der Waals surface area contributed by atoms with Crippen molar-refractivity contribution < 1.29 is 50.2 Å². The summed E-state index contributed by atoms with van der Waals surface area (Å²) in [6.45, 7) is 0. The van der Waals surface area contributed by atoms with E-state index < -0.39 is 57.4 Å². The van der Waals surface area contributed by atoms with Crippen LogP contribution in [0.25, 0.3) is 17.2 Å². The second kappa shape index (κ2) is 12.3. The van der Waals surface area contributed by atoms with E-state index in [9.17, 15) is 41.6 Å². The van der Waals surface area contributed by atoms with Gasteiger partial charge in [0.15, 0.2) is 4.90 Å². The normalized spacial score (nSPS) is 11.6. The molecular formula is C24H23N3O13S2. The molecule has 0 atom stereocenters. The van der Waals surface area contributed by atoms with Gasteiger partial charge in [-0.25, -0.2) is 8.42 Å². The fourth-order valence-corrected chi connectivity index (χ4v) is 5.39. The average molecular weight is 626 g/mol. The second-order valence-corrected chi connectivity index (χ2v) is 11.1. The van der Waals surface area contributed by atoms with Crippen LogP contribution in [-0.4, -0.2) is 59.7 Å². The molecule has 0 aliphatic heterocycles. The molecule has 0 heterocycles. The Morgan fingerprint density at radius 1 is 0.810 bits per heavy atom. The maximum atomic E-state index is 13.0. The monoisotopic (exact) mass is 625 g/mol. The van der Waals surface area contributed by atoms with E-state index in [0.717, 1.165) is 24.7 Å². The zero-order valence-corrected chi connectivity index (χ0v) is 23.9. The molecule has 0 saturated heterocycles. The van der Waals surface area contributed by atoms with Gasteiger partial charge in [-0.1, -0.05) is 0 Å². The van der Waals surface area contributed by atoms with Gasteiger partial charge in [-0.2, -0.15) is 8.42 Å². The van der Waals surface area contributed by atoms with Gasteiger partial charge < -0.3 is 18.9 Å². The quantitative estimate of drug-likeness (QED) is 0.166. The molecular weight excluding hydrogens is 602 g/mol. The van der Waals surface area contributed by atoms with Crippen LogP contribution < -0.4 is 23.7 Å². The number of anilines is 1.